The molecule has 0 aliphatic carbocycles. The molecule has 1 heterocycles. The number of hydrogen-bond donors (Lipinski definition) is 1. The summed E-state index contributed by atoms with van der Waals surface area (Å²) in [6.45, 7) is 9.91. The summed E-state index contributed by atoms with van der Waals surface area (Å²) in [7, 11) is 0. The first-order valence-electron chi connectivity index (χ1n) is 8.75. The Morgan fingerprint density at radius 2 is 1.78 bits per heavy atom. The maximum absolute atomic E-state index is 12.6. The number of esters is 1. The summed E-state index contributed by atoms with van der Waals surface area (Å²) in [5.41, 5.74) is 3.90. The highest BCUT2D eigenvalue weighted by molar-refractivity contribution is 6.05. The van der Waals surface area contributed by atoms with Crippen LogP contribution in [0.4, 0.5) is 0 Å². The molecule has 1 atom stereocenters. The second-order valence-electron chi connectivity index (χ2n) is 6.74. The van der Waals surface area contributed by atoms with E-state index in [0.717, 1.165) is 11.1 Å². The van der Waals surface area contributed by atoms with Crippen molar-refractivity contribution in [2.75, 3.05) is 6.61 Å². The molecule has 27 heavy (non-hydrogen) atoms. The second-order valence-corrected chi connectivity index (χ2v) is 6.74. The van der Waals surface area contributed by atoms with E-state index in [-0.39, 0.29) is 23.9 Å². The van der Waals surface area contributed by atoms with Crippen molar-refractivity contribution in [3.05, 3.63) is 51.8 Å². The summed E-state index contributed by atoms with van der Waals surface area (Å²) in [6.07, 6.45) is -0.990. The van der Waals surface area contributed by atoms with Crippen LogP contribution in [0.25, 0.3) is 0 Å². The number of ether oxygens (including phenoxy) is 2. The highest BCUT2D eigenvalue weighted by Crippen LogP contribution is 2.21. The first kappa shape index (κ1) is 20.4. The van der Waals surface area contributed by atoms with Gasteiger partial charge in [0.1, 0.15) is 5.75 Å². The number of H-pyrrole nitrogens is 1. The number of Topliss-reactive ketones (excluding diaryl/α,β-unsaturated/α-hetero) is 2. The Bertz CT molecular complexity index is 894. The third-order valence-corrected chi connectivity index (χ3v) is 4.40. The lowest BCUT2D eigenvalue weighted by Gasteiger charge is -2.14. The van der Waals surface area contributed by atoms with Gasteiger partial charge in [-0.2, -0.15) is 0 Å². The van der Waals surface area contributed by atoms with Crippen molar-refractivity contribution >= 4 is 17.5 Å². The van der Waals surface area contributed by atoms with E-state index in [0.29, 0.717) is 22.6 Å². The summed E-state index contributed by atoms with van der Waals surface area (Å²) in [6, 6.07) is 5.70. The van der Waals surface area contributed by atoms with E-state index in [4.69, 9.17) is 9.47 Å². The highest BCUT2D eigenvalue weighted by Gasteiger charge is 2.26. The molecule has 1 aromatic carbocycles. The van der Waals surface area contributed by atoms with Crippen molar-refractivity contribution in [3.8, 4) is 5.75 Å². The van der Waals surface area contributed by atoms with Crippen LogP contribution in [0.15, 0.2) is 18.2 Å². The summed E-state index contributed by atoms with van der Waals surface area (Å²) >= 11 is 0. The summed E-state index contributed by atoms with van der Waals surface area (Å²) in [5, 5.41) is 0. The molecule has 0 fully saturated rings. The molecule has 144 valence electrons. The number of benzene rings is 1. The Hall–Kier alpha value is -2.89. The van der Waals surface area contributed by atoms with Crippen LogP contribution < -0.4 is 4.74 Å². The highest BCUT2D eigenvalue weighted by atomic mass is 16.6. The minimum Gasteiger partial charge on any atom is -0.482 e. The van der Waals surface area contributed by atoms with Gasteiger partial charge < -0.3 is 14.5 Å². The minimum atomic E-state index is -0.990. The second kappa shape index (κ2) is 8.20. The molecule has 0 bridgehead atoms. The lowest BCUT2D eigenvalue weighted by molar-refractivity contribution is -0.148. The zero-order valence-corrected chi connectivity index (χ0v) is 16.6. The number of aromatic nitrogens is 1. The smallest absolute Gasteiger partial charge is 0.344 e. The summed E-state index contributed by atoms with van der Waals surface area (Å²) < 4.78 is 10.7. The SMILES string of the molecule is CC(=O)c1c(C)[nH]c(C(=O)C(C)OC(=O)COc2cc(C)ccc2C)c1C. The summed E-state index contributed by atoms with van der Waals surface area (Å²) in [5.74, 6) is -0.535. The van der Waals surface area contributed by atoms with E-state index in [1.165, 1.54) is 13.8 Å². The van der Waals surface area contributed by atoms with E-state index in [9.17, 15) is 14.4 Å². The normalized spacial score (nSPS) is 11.8. The lowest BCUT2D eigenvalue weighted by Crippen LogP contribution is -2.28. The Morgan fingerprint density at radius 3 is 2.37 bits per heavy atom. The molecule has 0 saturated heterocycles. The van der Waals surface area contributed by atoms with Crippen LogP contribution in [-0.4, -0.2) is 35.2 Å². The Balaban J connectivity index is 2.02. The van der Waals surface area contributed by atoms with E-state index in [1.54, 1.807) is 13.8 Å². The predicted octanol–water partition coefficient (Wildman–Crippen LogP) is 3.64. The standard InChI is InChI=1S/C21H25NO5/c1-11-7-8-12(2)17(9-11)26-10-18(24)27-16(6)21(25)20-13(3)19(15(5)23)14(4)22-20/h7-9,16,22H,10H2,1-6H3. The van der Waals surface area contributed by atoms with Crippen LogP contribution in [0.5, 0.6) is 5.75 Å². The number of aryl methyl sites for hydroxylation is 3. The van der Waals surface area contributed by atoms with Crippen molar-refractivity contribution in [3.63, 3.8) is 0 Å². The van der Waals surface area contributed by atoms with E-state index in [1.807, 2.05) is 32.0 Å². The lowest BCUT2D eigenvalue weighted by atomic mass is 10.0. The fourth-order valence-electron chi connectivity index (χ4n) is 3.01. The van der Waals surface area contributed by atoms with Gasteiger partial charge in [0.2, 0.25) is 5.78 Å². The average molecular weight is 371 g/mol. The van der Waals surface area contributed by atoms with E-state index in [2.05, 4.69) is 4.98 Å². The number of carbonyl (C=O) groups is 3. The maximum Gasteiger partial charge on any atom is 0.344 e. The van der Waals surface area contributed by atoms with E-state index >= 15 is 0 Å². The topological polar surface area (TPSA) is 85.5 Å². The van der Waals surface area contributed by atoms with Gasteiger partial charge in [0, 0.05) is 11.3 Å². The maximum atomic E-state index is 12.6. The number of aromatic amines is 1. The van der Waals surface area contributed by atoms with Gasteiger partial charge in [-0.05, 0) is 64.3 Å². The fraction of sp³-hybridized carbons (Fsp3) is 0.381. The first-order valence-corrected chi connectivity index (χ1v) is 8.75. The van der Waals surface area contributed by atoms with Crippen molar-refractivity contribution in [2.45, 2.75) is 47.6 Å². The molecule has 0 spiro atoms. The number of carbonyl (C=O) groups excluding carboxylic acids is 3. The van der Waals surface area contributed by atoms with Crippen LogP contribution in [0, 0.1) is 27.7 Å². The van der Waals surface area contributed by atoms with Crippen LogP contribution in [-0.2, 0) is 9.53 Å². The Kier molecular flexibility index (Phi) is 6.20. The molecule has 0 radical (unpaired) electrons. The minimum absolute atomic E-state index is 0.119. The third-order valence-electron chi connectivity index (χ3n) is 4.40. The van der Waals surface area contributed by atoms with Gasteiger partial charge in [-0.3, -0.25) is 9.59 Å². The zero-order valence-electron chi connectivity index (χ0n) is 16.6. The van der Waals surface area contributed by atoms with Gasteiger partial charge in [0.15, 0.2) is 18.5 Å². The van der Waals surface area contributed by atoms with Gasteiger partial charge in [0.25, 0.3) is 0 Å². The van der Waals surface area contributed by atoms with Crippen LogP contribution in [0.2, 0.25) is 0 Å². The van der Waals surface area contributed by atoms with Crippen molar-refractivity contribution in [1.29, 1.82) is 0 Å². The number of ketones is 2. The van der Waals surface area contributed by atoms with Crippen LogP contribution in [0.1, 0.15) is 57.1 Å². The van der Waals surface area contributed by atoms with Crippen molar-refractivity contribution in [1.82, 2.24) is 4.98 Å². The fourth-order valence-corrected chi connectivity index (χ4v) is 3.01. The van der Waals surface area contributed by atoms with Crippen LogP contribution in [0.3, 0.4) is 0 Å². The largest absolute Gasteiger partial charge is 0.482 e. The average Bonchev–Trinajstić information content (AvgIpc) is 2.89. The van der Waals surface area contributed by atoms with Gasteiger partial charge in [0.05, 0.1) is 5.69 Å². The third kappa shape index (κ3) is 4.64. The van der Waals surface area contributed by atoms with Crippen molar-refractivity contribution in [2.24, 2.45) is 0 Å². The molecule has 0 aliphatic heterocycles. The quantitative estimate of drug-likeness (QED) is 0.593. The monoisotopic (exact) mass is 371 g/mol. The molecule has 1 aromatic heterocycles. The Morgan fingerprint density at radius 1 is 1.11 bits per heavy atom. The first-order chi connectivity index (χ1) is 12.6. The van der Waals surface area contributed by atoms with Gasteiger partial charge >= 0.3 is 5.97 Å². The molecule has 1 N–H and O–H groups in total. The zero-order chi connectivity index (χ0) is 20.3. The molecule has 1 unspecified atom stereocenters. The van der Waals surface area contributed by atoms with Gasteiger partial charge in [-0.25, -0.2) is 4.79 Å². The Labute approximate surface area is 158 Å². The molecule has 6 heteroatoms. The molecule has 2 aromatic rings. The molecule has 6 nitrogen and oxygen atoms in total. The van der Waals surface area contributed by atoms with Gasteiger partial charge in [-0.1, -0.05) is 12.1 Å². The summed E-state index contributed by atoms with van der Waals surface area (Å²) in [4.78, 5) is 39.3. The number of hydrogen-bond acceptors (Lipinski definition) is 5. The molecular formula is C21H25NO5. The molecular weight excluding hydrogens is 346 g/mol. The molecule has 0 aliphatic rings. The number of nitrogens with one attached hydrogen (secondary N) is 1. The van der Waals surface area contributed by atoms with Crippen molar-refractivity contribution < 1.29 is 23.9 Å². The van der Waals surface area contributed by atoms with Gasteiger partial charge in [-0.15, -0.1) is 0 Å². The number of rotatable bonds is 7. The van der Waals surface area contributed by atoms with Crippen LogP contribution >= 0.6 is 0 Å². The van der Waals surface area contributed by atoms with E-state index < -0.39 is 12.1 Å². The molecule has 0 saturated carbocycles. The molecule has 0 amide bonds. The molecule has 2 rings (SSSR count). The predicted molar refractivity (Wildman–Crippen MR) is 102 cm³/mol.